The van der Waals surface area contributed by atoms with Crippen LogP contribution in [0.1, 0.15) is 21.5 Å². The van der Waals surface area contributed by atoms with E-state index in [1.807, 2.05) is 19.1 Å². The van der Waals surface area contributed by atoms with Gasteiger partial charge in [-0.05, 0) is 48.4 Å². The van der Waals surface area contributed by atoms with Gasteiger partial charge >= 0.3 is 0 Å². The van der Waals surface area contributed by atoms with Crippen molar-refractivity contribution < 1.29 is 14.3 Å². The molecular formula is C20H21ClN2O3. The van der Waals surface area contributed by atoms with E-state index < -0.39 is 0 Å². The lowest BCUT2D eigenvalue weighted by Gasteiger charge is -2.14. The first-order valence-electron chi connectivity index (χ1n) is 7.96. The summed E-state index contributed by atoms with van der Waals surface area (Å²) in [5.41, 5.74) is 2.68. The minimum absolute atomic E-state index is 0.159. The summed E-state index contributed by atoms with van der Waals surface area (Å²) >= 11 is 6.08. The van der Waals surface area contributed by atoms with E-state index >= 15 is 0 Å². The number of nitrogens with one attached hydrogen (secondary N) is 1. The van der Waals surface area contributed by atoms with Gasteiger partial charge in [-0.2, -0.15) is 0 Å². The van der Waals surface area contributed by atoms with Gasteiger partial charge in [-0.15, -0.1) is 0 Å². The Kier molecular flexibility index (Phi) is 6.41. The summed E-state index contributed by atoms with van der Waals surface area (Å²) in [6.45, 7) is 1.91. The summed E-state index contributed by atoms with van der Waals surface area (Å²) in [5.74, 6) is -0.0251. The maximum absolute atomic E-state index is 12.2. The Labute approximate surface area is 158 Å². The molecule has 26 heavy (non-hydrogen) atoms. The minimum atomic E-state index is -0.338. The molecule has 0 unspecified atom stereocenters. The molecule has 0 spiro atoms. The lowest BCUT2D eigenvalue weighted by Crippen LogP contribution is -2.22. The second-order valence-corrected chi connectivity index (χ2v) is 6.35. The smallest absolute Gasteiger partial charge is 0.253 e. The Morgan fingerprint density at radius 1 is 1.15 bits per heavy atom. The molecule has 0 saturated heterocycles. The van der Waals surface area contributed by atoms with Gasteiger partial charge in [0.25, 0.3) is 5.91 Å². The summed E-state index contributed by atoms with van der Waals surface area (Å²) in [4.78, 5) is 25.8. The van der Waals surface area contributed by atoms with Crippen molar-refractivity contribution in [2.75, 3.05) is 26.5 Å². The van der Waals surface area contributed by atoms with E-state index in [-0.39, 0.29) is 11.8 Å². The Balaban J connectivity index is 2.19. The number of benzene rings is 2. The molecule has 0 heterocycles. The molecule has 2 aromatic carbocycles. The lowest BCUT2D eigenvalue weighted by molar-refractivity contribution is -0.111. The molecule has 0 bridgehead atoms. The summed E-state index contributed by atoms with van der Waals surface area (Å²) in [6, 6.07) is 10.4. The number of rotatable bonds is 5. The number of carbonyl (C=O) groups is 2. The molecule has 2 amide bonds. The van der Waals surface area contributed by atoms with E-state index in [1.165, 1.54) is 18.1 Å². The zero-order chi connectivity index (χ0) is 19.3. The third-order valence-electron chi connectivity index (χ3n) is 3.73. The molecule has 0 aliphatic rings. The molecule has 0 radical (unpaired) electrons. The van der Waals surface area contributed by atoms with Gasteiger partial charge in [-0.1, -0.05) is 23.7 Å². The first kappa shape index (κ1) is 19.5. The van der Waals surface area contributed by atoms with Crippen LogP contribution in [0.3, 0.4) is 0 Å². The number of hydrogen-bond donors (Lipinski definition) is 1. The molecule has 5 nitrogen and oxygen atoms in total. The maximum atomic E-state index is 12.2. The monoisotopic (exact) mass is 372 g/mol. The standard InChI is InChI=1S/C20H21ClN2O3/c1-13-5-6-14(11-16(13)21)7-10-19(24)22-17-12-15(20(25)23(2)3)8-9-18(17)26-4/h5-12H,1-4H3,(H,22,24)/b10-7+. The Morgan fingerprint density at radius 3 is 2.50 bits per heavy atom. The highest BCUT2D eigenvalue weighted by Gasteiger charge is 2.13. The van der Waals surface area contributed by atoms with Crippen molar-refractivity contribution in [3.63, 3.8) is 0 Å². The van der Waals surface area contributed by atoms with Crippen LogP contribution in [-0.4, -0.2) is 37.9 Å². The van der Waals surface area contributed by atoms with E-state index in [0.717, 1.165) is 11.1 Å². The van der Waals surface area contributed by atoms with Gasteiger partial charge in [0.05, 0.1) is 12.8 Å². The second kappa shape index (κ2) is 8.54. The zero-order valence-corrected chi connectivity index (χ0v) is 15.9. The van der Waals surface area contributed by atoms with Crippen molar-refractivity contribution in [1.82, 2.24) is 4.90 Å². The molecule has 6 heteroatoms. The molecule has 2 rings (SSSR count). The largest absolute Gasteiger partial charge is 0.495 e. The van der Waals surface area contributed by atoms with Crippen LogP contribution in [-0.2, 0) is 4.79 Å². The van der Waals surface area contributed by atoms with Crippen LogP contribution in [0.25, 0.3) is 6.08 Å². The van der Waals surface area contributed by atoms with E-state index in [1.54, 1.807) is 44.4 Å². The van der Waals surface area contributed by atoms with Crippen molar-refractivity contribution in [3.05, 3.63) is 64.2 Å². The number of aryl methyl sites for hydroxylation is 1. The Hall–Kier alpha value is -2.79. The van der Waals surface area contributed by atoms with E-state index in [9.17, 15) is 9.59 Å². The van der Waals surface area contributed by atoms with E-state index in [0.29, 0.717) is 22.0 Å². The van der Waals surface area contributed by atoms with Gasteiger partial charge in [0, 0.05) is 30.8 Å². The fourth-order valence-electron chi connectivity index (χ4n) is 2.26. The van der Waals surface area contributed by atoms with Gasteiger partial charge in [0.2, 0.25) is 5.91 Å². The van der Waals surface area contributed by atoms with E-state index in [4.69, 9.17) is 16.3 Å². The highest BCUT2D eigenvalue weighted by Crippen LogP contribution is 2.26. The number of nitrogens with zero attached hydrogens (tertiary/aromatic N) is 1. The number of methoxy groups -OCH3 is 1. The fourth-order valence-corrected chi connectivity index (χ4v) is 2.44. The van der Waals surface area contributed by atoms with Crippen molar-refractivity contribution in [2.45, 2.75) is 6.92 Å². The van der Waals surface area contributed by atoms with Crippen LogP contribution >= 0.6 is 11.6 Å². The van der Waals surface area contributed by atoms with Gasteiger partial charge < -0.3 is 15.0 Å². The minimum Gasteiger partial charge on any atom is -0.495 e. The number of amides is 2. The molecule has 0 fully saturated rings. The molecule has 0 aliphatic carbocycles. The molecule has 136 valence electrons. The Bertz CT molecular complexity index is 860. The van der Waals surface area contributed by atoms with Crippen LogP contribution in [0, 0.1) is 6.92 Å². The normalized spacial score (nSPS) is 10.7. The third-order valence-corrected chi connectivity index (χ3v) is 4.14. The second-order valence-electron chi connectivity index (χ2n) is 5.95. The number of ether oxygens (including phenoxy) is 1. The number of anilines is 1. The van der Waals surface area contributed by atoms with Gasteiger partial charge in [0.1, 0.15) is 5.75 Å². The first-order chi connectivity index (χ1) is 12.3. The van der Waals surface area contributed by atoms with Gasteiger partial charge in [-0.3, -0.25) is 9.59 Å². The molecule has 1 N–H and O–H groups in total. The third kappa shape index (κ3) is 4.86. The quantitative estimate of drug-likeness (QED) is 0.807. The predicted octanol–water partition coefficient (Wildman–Crippen LogP) is 4.01. The predicted molar refractivity (Wildman–Crippen MR) is 105 cm³/mol. The number of carbonyl (C=O) groups excluding carboxylic acids is 2. The molecular weight excluding hydrogens is 352 g/mol. The summed E-state index contributed by atoms with van der Waals surface area (Å²) < 4.78 is 5.25. The van der Waals surface area contributed by atoms with Crippen LogP contribution in [0.15, 0.2) is 42.5 Å². The number of hydrogen-bond acceptors (Lipinski definition) is 3. The molecule has 0 saturated carbocycles. The van der Waals surface area contributed by atoms with Crippen molar-refractivity contribution in [1.29, 1.82) is 0 Å². The topological polar surface area (TPSA) is 58.6 Å². The zero-order valence-electron chi connectivity index (χ0n) is 15.2. The lowest BCUT2D eigenvalue weighted by atomic mass is 10.1. The van der Waals surface area contributed by atoms with Crippen molar-refractivity contribution in [2.24, 2.45) is 0 Å². The maximum Gasteiger partial charge on any atom is 0.253 e. The highest BCUT2D eigenvalue weighted by atomic mass is 35.5. The number of halogens is 1. The molecule has 0 aromatic heterocycles. The summed E-state index contributed by atoms with van der Waals surface area (Å²) in [7, 11) is 4.84. The van der Waals surface area contributed by atoms with Gasteiger partial charge in [0.15, 0.2) is 0 Å². The van der Waals surface area contributed by atoms with Gasteiger partial charge in [-0.25, -0.2) is 0 Å². The first-order valence-corrected chi connectivity index (χ1v) is 8.34. The van der Waals surface area contributed by atoms with Crippen LogP contribution in [0.4, 0.5) is 5.69 Å². The Morgan fingerprint density at radius 2 is 1.88 bits per heavy atom. The van der Waals surface area contributed by atoms with Crippen LogP contribution < -0.4 is 10.1 Å². The SMILES string of the molecule is COc1ccc(C(=O)N(C)C)cc1NC(=O)/C=C/c1ccc(C)c(Cl)c1. The molecule has 0 atom stereocenters. The fraction of sp³-hybridized carbons (Fsp3) is 0.200. The summed E-state index contributed by atoms with van der Waals surface area (Å²) in [6.07, 6.45) is 3.07. The molecule has 0 aliphatic heterocycles. The summed E-state index contributed by atoms with van der Waals surface area (Å²) in [5, 5.41) is 3.38. The molecule has 2 aromatic rings. The van der Waals surface area contributed by atoms with Crippen molar-refractivity contribution >= 4 is 35.2 Å². The average Bonchev–Trinajstić information content (AvgIpc) is 2.62. The van der Waals surface area contributed by atoms with Crippen molar-refractivity contribution in [3.8, 4) is 5.75 Å². The average molecular weight is 373 g/mol. The van der Waals surface area contributed by atoms with Crippen LogP contribution in [0.5, 0.6) is 5.75 Å². The van der Waals surface area contributed by atoms with E-state index in [2.05, 4.69) is 5.32 Å². The van der Waals surface area contributed by atoms with Crippen LogP contribution in [0.2, 0.25) is 5.02 Å². The highest BCUT2D eigenvalue weighted by molar-refractivity contribution is 6.31.